The third-order valence-corrected chi connectivity index (χ3v) is 8.41. The lowest BCUT2D eigenvalue weighted by molar-refractivity contribution is -0.128. The fourth-order valence-electron chi connectivity index (χ4n) is 4.19. The van der Waals surface area contributed by atoms with Crippen LogP contribution in [0.15, 0.2) is 23.9 Å². The number of amides is 1. The number of aromatic nitrogens is 3. The predicted molar refractivity (Wildman–Crippen MR) is 136 cm³/mol. The van der Waals surface area contributed by atoms with Crippen molar-refractivity contribution in [2.24, 2.45) is 11.3 Å². The number of nitriles is 2. The SMILES string of the molecule is C=CCn1c(SCC(=O)N(CCC#N)CCC#N)nnc1-c1cc2c(s1)CCC(C(C)(C)C)C2. The Hall–Kier alpha value is -2.62. The van der Waals surface area contributed by atoms with Crippen molar-refractivity contribution < 1.29 is 4.79 Å². The largest absolute Gasteiger partial charge is 0.340 e. The molecule has 180 valence electrons. The average Bonchev–Trinajstić information content (AvgIpc) is 3.40. The molecule has 3 rings (SSSR count). The van der Waals surface area contributed by atoms with Crippen LogP contribution in [0.5, 0.6) is 0 Å². The minimum Gasteiger partial charge on any atom is -0.340 e. The molecule has 1 aliphatic carbocycles. The van der Waals surface area contributed by atoms with Crippen molar-refractivity contribution in [1.82, 2.24) is 19.7 Å². The highest BCUT2D eigenvalue weighted by atomic mass is 32.2. The summed E-state index contributed by atoms with van der Waals surface area (Å²) in [4.78, 5) is 16.9. The average molecular weight is 497 g/mol. The molecular formula is C25H32N6OS2. The minimum atomic E-state index is -0.106. The van der Waals surface area contributed by atoms with Gasteiger partial charge in [0.15, 0.2) is 11.0 Å². The Balaban J connectivity index is 1.76. The van der Waals surface area contributed by atoms with E-state index in [1.807, 2.05) is 10.6 Å². The smallest absolute Gasteiger partial charge is 0.233 e. The van der Waals surface area contributed by atoms with E-state index in [-0.39, 0.29) is 24.5 Å². The van der Waals surface area contributed by atoms with Gasteiger partial charge in [0.2, 0.25) is 5.91 Å². The van der Waals surface area contributed by atoms with E-state index in [2.05, 4.69) is 55.8 Å². The maximum Gasteiger partial charge on any atom is 0.233 e. The summed E-state index contributed by atoms with van der Waals surface area (Å²) in [6, 6.07) is 6.39. The number of nitrogens with zero attached hydrogens (tertiary/aromatic N) is 6. The van der Waals surface area contributed by atoms with E-state index in [0.717, 1.165) is 23.5 Å². The van der Waals surface area contributed by atoms with E-state index in [9.17, 15) is 4.79 Å². The van der Waals surface area contributed by atoms with Crippen molar-refractivity contribution in [3.63, 3.8) is 0 Å². The minimum absolute atomic E-state index is 0.106. The van der Waals surface area contributed by atoms with Crippen molar-refractivity contribution in [3.05, 3.63) is 29.2 Å². The second-order valence-electron chi connectivity index (χ2n) is 9.56. The maximum atomic E-state index is 12.7. The number of allylic oxidation sites excluding steroid dienone is 1. The van der Waals surface area contributed by atoms with E-state index < -0.39 is 0 Å². The lowest BCUT2D eigenvalue weighted by Crippen LogP contribution is -2.34. The van der Waals surface area contributed by atoms with E-state index in [0.29, 0.717) is 36.1 Å². The predicted octanol–water partition coefficient (Wildman–Crippen LogP) is 5.09. The molecule has 0 saturated heterocycles. The molecule has 7 nitrogen and oxygen atoms in total. The van der Waals surface area contributed by atoms with E-state index in [1.165, 1.54) is 28.6 Å². The van der Waals surface area contributed by atoms with E-state index in [1.54, 1.807) is 16.2 Å². The Kier molecular flexibility index (Phi) is 8.93. The fraction of sp³-hybridized carbons (Fsp3) is 0.560. The second-order valence-corrected chi connectivity index (χ2v) is 11.6. The second kappa shape index (κ2) is 11.7. The van der Waals surface area contributed by atoms with Gasteiger partial charge in [-0.25, -0.2) is 0 Å². The summed E-state index contributed by atoms with van der Waals surface area (Å²) in [5.41, 5.74) is 1.72. The third kappa shape index (κ3) is 6.28. The highest BCUT2D eigenvalue weighted by molar-refractivity contribution is 7.99. The summed E-state index contributed by atoms with van der Waals surface area (Å²) in [6.07, 6.45) is 5.73. The van der Waals surface area contributed by atoms with Crippen LogP contribution in [0.25, 0.3) is 10.7 Å². The van der Waals surface area contributed by atoms with Crippen molar-refractivity contribution in [2.75, 3.05) is 18.8 Å². The lowest BCUT2D eigenvalue weighted by Gasteiger charge is -2.33. The molecule has 0 N–H and O–H groups in total. The summed E-state index contributed by atoms with van der Waals surface area (Å²) >= 11 is 3.13. The first-order valence-corrected chi connectivity index (χ1v) is 13.4. The van der Waals surface area contributed by atoms with Gasteiger partial charge in [-0.05, 0) is 42.2 Å². The molecule has 1 unspecified atom stereocenters. The van der Waals surface area contributed by atoms with Crippen LogP contribution in [-0.2, 0) is 24.2 Å². The number of thioether (sulfide) groups is 1. The van der Waals surface area contributed by atoms with E-state index >= 15 is 0 Å². The first kappa shape index (κ1) is 26.0. The monoisotopic (exact) mass is 496 g/mol. The van der Waals surface area contributed by atoms with Gasteiger partial charge in [0.25, 0.3) is 0 Å². The molecule has 2 aromatic rings. The van der Waals surface area contributed by atoms with Crippen LogP contribution in [0.4, 0.5) is 0 Å². The van der Waals surface area contributed by atoms with Gasteiger partial charge < -0.3 is 4.90 Å². The normalized spacial score (nSPS) is 15.3. The molecule has 1 atom stereocenters. The van der Waals surface area contributed by atoms with Crippen molar-refractivity contribution in [3.8, 4) is 22.8 Å². The number of carbonyl (C=O) groups is 1. The maximum absolute atomic E-state index is 12.7. The molecule has 0 fully saturated rings. The standard InChI is InChI=1S/C25H32N6OS2/c1-5-12-31-23(21-16-18-15-19(25(2,3)4)8-9-20(18)34-21)28-29-24(31)33-17-22(32)30(13-6-10-26)14-7-11-27/h5,16,19H,1,6-9,12-15,17H2,2-4H3. The van der Waals surface area contributed by atoms with Crippen LogP contribution in [0.2, 0.25) is 0 Å². The van der Waals surface area contributed by atoms with Crippen molar-refractivity contribution in [2.45, 2.75) is 64.6 Å². The van der Waals surface area contributed by atoms with Crippen LogP contribution in [0.3, 0.4) is 0 Å². The zero-order valence-electron chi connectivity index (χ0n) is 20.2. The molecule has 2 heterocycles. The fourth-order valence-corrected chi connectivity index (χ4v) is 6.25. The topological polar surface area (TPSA) is 98.6 Å². The van der Waals surface area contributed by atoms with Gasteiger partial charge in [-0.1, -0.05) is 38.6 Å². The first-order valence-electron chi connectivity index (χ1n) is 11.6. The molecule has 1 amide bonds. The molecule has 1 aliphatic rings. The number of hydrogen-bond acceptors (Lipinski definition) is 7. The molecule has 9 heteroatoms. The van der Waals surface area contributed by atoms with Crippen LogP contribution in [0.1, 0.15) is 50.5 Å². The van der Waals surface area contributed by atoms with Gasteiger partial charge in [-0.3, -0.25) is 9.36 Å². The summed E-state index contributed by atoms with van der Waals surface area (Å²) in [5, 5.41) is 27.3. The zero-order valence-corrected chi connectivity index (χ0v) is 21.8. The van der Waals surface area contributed by atoms with Gasteiger partial charge in [0.1, 0.15) is 0 Å². The molecule has 0 saturated carbocycles. The molecule has 0 bridgehead atoms. The summed E-state index contributed by atoms with van der Waals surface area (Å²) in [5.74, 6) is 1.56. The Morgan fingerprint density at radius 2 is 2.03 bits per heavy atom. The van der Waals surface area contributed by atoms with Crippen LogP contribution in [0, 0.1) is 34.0 Å². The molecule has 2 aromatic heterocycles. The summed E-state index contributed by atoms with van der Waals surface area (Å²) in [7, 11) is 0. The number of aryl methyl sites for hydroxylation is 1. The lowest BCUT2D eigenvalue weighted by atomic mass is 9.72. The number of thiophene rings is 1. The third-order valence-electron chi connectivity index (χ3n) is 6.22. The quantitative estimate of drug-likeness (QED) is 0.335. The Bertz CT molecular complexity index is 1080. The Morgan fingerprint density at radius 3 is 2.65 bits per heavy atom. The van der Waals surface area contributed by atoms with Gasteiger partial charge in [0.05, 0.1) is 35.6 Å². The Labute approximate surface area is 210 Å². The molecular weight excluding hydrogens is 464 g/mol. The number of hydrogen-bond donors (Lipinski definition) is 0. The summed E-state index contributed by atoms with van der Waals surface area (Å²) in [6.45, 7) is 12.1. The zero-order chi connectivity index (χ0) is 24.7. The Morgan fingerprint density at radius 1 is 1.32 bits per heavy atom. The molecule has 0 spiro atoms. The van der Waals surface area contributed by atoms with Gasteiger partial charge in [0, 0.05) is 24.5 Å². The van der Waals surface area contributed by atoms with Crippen LogP contribution < -0.4 is 0 Å². The summed E-state index contributed by atoms with van der Waals surface area (Å²) < 4.78 is 2.01. The van der Waals surface area contributed by atoms with Crippen molar-refractivity contribution in [1.29, 1.82) is 10.5 Å². The van der Waals surface area contributed by atoms with Gasteiger partial charge in [-0.15, -0.1) is 28.1 Å². The first-order chi connectivity index (χ1) is 16.3. The number of rotatable bonds is 10. The van der Waals surface area contributed by atoms with Gasteiger partial charge >= 0.3 is 0 Å². The number of fused-ring (bicyclic) bond motifs is 1. The highest BCUT2D eigenvalue weighted by Crippen LogP contribution is 2.42. The van der Waals surface area contributed by atoms with Gasteiger partial charge in [-0.2, -0.15) is 10.5 Å². The molecule has 0 aromatic carbocycles. The molecule has 34 heavy (non-hydrogen) atoms. The molecule has 0 radical (unpaired) electrons. The highest BCUT2D eigenvalue weighted by Gasteiger charge is 2.30. The number of carbonyl (C=O) groups excluding carboxylic acids is 1. The van der Waals surface area contributed by atoms with E-state index in [4.69, 9.17) is 10.5 Å². The van der Waals surface area contributed by atoms with Crippen molar-refractivity contribution >= 4 is 29.0 Å². The molecule has 0 aliphatic heterocycles. The van der Waals surface area contributed by atoms with Crippen LogP contribution >= 0.6 is 23.1 Å². The van der Waals surface area contributed by atoms with Crippen LogP contribution in [-0.4, -0.2) is 44.4 Å².